The van der Waals surface area contributed by atoms with Crippen LogP contribution in [-0.2, 0) is 0 Å². The number of benzene rings is 1. The number of allylic oxidation sites excluding steroid dienone is 2. The fourth-order valence-corrected chi connectivity index (χ4v) is 1.92. The molecule has 1 nitrogen and oxygen atoms in total. The number of hydrogen-bond donors (Lipinski definition) is 0. The summed E-state index contributed by atoms with van der Waals surface area (Å²) in [5.74, 6) is 3.49. The quantitative estimate of drug-likeness (QED) is 0.395. The summed E-state index contributed by atoms with van der Waals surface area (Å²) in [5.41, 5.74) is 2.97. The van der Waals surface area contributed by atoms with Crippen LogP contribution in [0.25, 0.3) is 0 Å². The molecular formula is C15H14O. The second-order valence-electron chi connectivity index (χ2n) is 4.10. The second kappa shape index (κ2) is 4.81. The maximum Gasteiger partial charge on any atom is 0.151 e. The van der Waals surface area contributed by atoms with Crippen molar-refractivity contribution >= 4 is 6.29 Å². The maximum atomic E-state index is 10.3. The zero-order valence-electron chi connectivity index (χ0n) is 9.15. The lowest BCUT2D eigenvalue weighted by Gasteiger charge is -2.36. The average Bonchev–Trinajstić information content (AvgIpc) is 2.34. The molecule has 1 aromatic rings. The Morgan fingerprint density at radius 1 is 1.38 bits per heavy atom. The van der Waals surface area contributed by atoms with Gasteiger partial charge in [0.05, 0.1) is 0 Å². The van der Waals surface area contributed by atoms with Crippen molar-refractivity contribution < 1.29 is 4.79 Å². The number of terminal acetylenes is 1. The Morgan fingerprint density at radius 2 is 2.12 bits per heavy atom. The Kier molecular flexibility index (Phi) is 3.22. The van der Waals surface area contributed by atoms with Gasteiger partial charge in [-0.3, -0.25) is 4.79 Å². The molecule has 1 aromatic carbocycles. The Balaban J connectivity index is 0.000000134. The fourth-order valence-electron chi connectivity index (χ4n) is 1.92. The van der Waals surface area contributed by atoms with Crippen LogP contribution in [0.1, 0.15) is 35.2 Å². The van der Waals surface area contributed by atoms with Gasteiger partial charge in [-0.1, -0.05) is 35.8 Å². The van der Waals surface area contributed by atoms with Gasteiger partial charge >= 0.3 is 0 Å². The Labute approximate surface area is 96.2 Å². The van der Waals surface area contributed by atoms with Crippen molar-refractivity contribution in [3.63, 3.8) is 0 Å². The van der Waals surface area contributed by atoms with Gasteiger partial charge in [0.2, 0.25) is 0 Å². The Hall–Kier alpha value is -1.81. The molecule has 0 amide bonds. The van der Waals surface area contributed by atoms with Crippen LogP contribution < -0.4 is 0 Å². The molecule has 1 atom stereocenters. The van der Waals surface area contributed by atoms with Gasteiger partial charge in [-0.2, -0.15) is 0 Å². The van der Waals surface area contributed by atoms with Crippen LogP contribution in [0.15, 0.2) is 35.9 Å². The predicted octanol–water partition coefficient (Wildman–Crippen LogP) is 3.21. The summed E-state index contributed by atoms with van der Waals surface area (Å²) in [5, 5.41) is 0. The third kappa shape index (κ3) is 2.06. The summed E-state index contributed by atoms with van der Waals surface area (Å²) < 4.78 is 0. The normalized spacial score (nSPS) is 19.7. The molecule has 16 heavy (non-hydrogen) atoms. The minimum atomic E-state index is 0.574. The van der Waals surface area contributed by atoms with Crippen molar-refractivity contribution in [2.45, 2.75) is 19.3 Å². The minimum absolute atomic E-state index is 0.574. The molecule has 2 aliphatic rings. The van der Waals surface area contributed by atoms with Crippen molar-refractivity contribution in [2.75, 3.05) is 0 Å². The number of fused-ring (bicyclic) bond motifs is 1. The highest BCUT2D eigenvalue weighted by Crippen LogP contribution is 2.43. The van der Waals surface area contributed by atoms with Crippen LogP contribution in [0.2, 0.25) is 0 Å². The first-order valence-electron chi connectivity index (χ1n) is 5.55. The van der Waals surface area contributed by atoms with Crippen molar-refractivity contribution in [1.82, 2.24) is 0 Å². The fraction of sp³-hybridized carbons (Fsp3) is 0.267. The minimum Gasteiger partial charge on any atom is -0.298 e. The molecule has 3 rings (SSSR count). The molecule has 0 aromatic heterocycles. The number of carbonyl (C=O) groups excluding carboxylic acids is 1. The van der Waals surface area contributed by atoms with Crippen molar-refractivity contribution in [2.24, 2.45) is 5.92 Å². The lowest BCUT2D eigenvalue weighted by Crippen LogP contribution is -2.21. The van der Waals surface area contributed by atoms with Crippen LogP contribution in [0.5, 0.6) is 0 Å². The van der Waals surface area contributed by atoms with Gasteiger partial charge in [-0.05, 0) is 31.2 Å². The average molecular weight is 210 g/mol. The molecule has 0 radical (unpaired) electrons. The summed E-state index contributed by atoms with van der Waals surface area (Å²) in [6.45, 7) is 0. The molecule has 1 saturated carbocycles. The topological polar surface area (TPSA) is 17.1 Å². The zero-order valence-corrected chi connectivity index (χ0v) is 9.15. The first kappa shape index (κ1) is 10.7. The molecule has 1 unspecified atom stereocenters. The molecule has 0 N–H and O–H groups in total. The SMILES string of the molecule is C#Cc1ccccc1C=O.C1=C2CCC2C1. The lowest BCUT2D eigenvalue weighted by molar-refractivity contribution is 0.112. The molecule has 0 aliphatic heterocycles. The molecule has 0 bridgehead atoms. The van der Waals surface area contributed by atoms with E-state index in [0.717, 1.165) is 12.2 Å². The molecule has 80 valence electrons. The molecule has 1 fully saturated rings. The molecule has 1 heteroatoms. The first-order valence-corrected chi connectivity index (χ1v) is 5.55. The van der Waals surface area contributed by atoms with Gasteiger partial charge in [0.1, 0.15) is 0 Å². The van der Waals surface area contributed by atoms with E-state index in [0.29, 0.717) is 11.1 Å². The van der Waals surface area contributed by atoms with E-state index in [1.54, 1.807) is 23.8 Å². The summed E-state index contributed by atoms with van der Waals surface area (Å²) >= 11 is 0. The van der Waals surface area contributed by atoms with E-state index in [4.69, 9.17) is 6.42 Å². The molecule has 0 saturated heterocycles. The molecule has 2 aliphatic carbocycles. The summed E-state index contributed by atoms with van der Waals surface area (Å²) in [7, 11) is 0. The largest absolute Gasteiger partial charge is 0.298 e. The number of hydrogen-bond acceptors (Lipinski definition) is 1. The Bertz CT molecular complexity index is 463. The summed E-state index contributed by atoms with van der Waals surface area (Å²) in [6, 6.07) is 7.03. The van der Waals surface area contributed by atoms with Crippen LogP contribution in [0.4, 0.5) is 0 Å². The van der Waals surface area contributed by atoms with E-state index < -0.39 is 0 Å². The van der Waals surface area contributed by atoms with Crippen molar-refractivity contribution in [3.05, 3.63) is 47.0 Å². The number of rotatable bonds is 1. The van der Waals surface area contributed by atoms with E-state index in [2.05, 4.69) is 12.0 Å². The summed E-state index contributed by atoms with van der Waals surface area (Å²) in [4.78, 5) is 10.3. The second-order valence-corrected chi connectivity index (χ2v) is 4.10. The van der Waals surface area contributed by atoms with Crippen LogP contribution in [0.3, 0.4) is 0 Å². The monoisotopic (exact) mass is 210 g/mol. The standard InChI is InChI=1S/C9H6O.C6H8/c1-2-8-5-3-4-6-9(8)7-10;1-2-6-4-3-5(1)6/h1,3-7H;1,6H,2-4H2. The van der Waals surface area contributed by atoms with Crippen LogP contribution in [0, 0.1) is 18.3 Å². The number of aldehydes is 1. The summed E-state index contributed by atoms with van der Waals surface area (Å²) in [6.07, 6.45) is 12.6. The zero-order chi connectivity index (χ0) is 11.4. The molecule has 0 heterocycles. The third-order valence-corrected chi connectivity index (χ3v) is 3.21. The third-order valence-electron chi connectivity index (χ3n) is 3.21. The van der Waals surface area contributed by atoms with E-state index in [1.807, 2.05) is 6.07 Å². The van der Waals surface area contributed by atoms with E-state index in [1.165, 1.54) is 19.3 Å². The van der Waals surface area contributed by atoms with Gasteiger partial charge in [0, 0.05) is 11.1 Å². The van der Waals surface area contributed by atoms with Crippen LogP contribution in [-0.4, -0.2) is 6.29 Å². The highest BCUT2D eigenvalue weighted by Gasteiger charge is 2.28. The Morgan fingerprint density at radius 3 is 2.44 bits per heavy atom. The van der Waals surface area contributed by atoms with E-state index in [9.17, 15) is 4.79 Å². The maximum absolute atomic E-state index is 10.3. The van der Waals surface area contributed by atoms with Gasteiger partial charge in [0.15, 0.2) is 6.29 Å². The van der Waals surface area contributed by atoms with Gasteiger partial charge in [-0.25, -0.2) is 0 Å². The van der Waals surface area contributed by atoms with Gasteiger partial charge in [-0.15, -0.1) is 6.42 Å². The number of carbonyl (C=O) groups is 1. The predicted molar refractivity (Wildman–Crippen MR) is 65.2 cm³/mol. The van der Waals surface area contributed by atoms with E-state index >= 15 is 0 Å². The highest BCUT2D eigenvalue weighted by molar-refractivity contribution is 5.79. The van der Waals surface area contributed by atoms with Gasteiger partial charge in [0.25, 0.3) is 0 Å². The van der Waals surface area contributed by atoms with Crippen molar-refractivity contribution in [1.29, 1.82) is 0 Å². The first-order chi connectivity index (χ1) is 7.85. The smallest absolute Gasteiger partial charge is 0.151 e. The van der Waals surface area contributed by atoms with Crippen LogP contribution >= 0.6 is 0 Å². The van der Waals surface area contributed by atoms with Crippen molar-refractivity contribution in [3.8, 4) is 12.3 Å². The van der Waals surface area contributed by atoms with E-state index in [-0.39, 0.29) is 0 Å². The molecule has 0 spiro atoms. The molecular weight excluding hydrogens is 196 g/mol. The highest BCUT2D eigenvalue weighted by atomic mass is 16.1. The van der Waals surface area contributed by atoms with Gasteiger partial charge < -0.3 is 0 Å². The lowest BCUT2D eigenvalue weighted by atomic mass is 9.69.